The molecule has 0 bridgehead atoms. The summed E-state index contributed by atoms with van der Waals surface area (Å²) in [5.74, 6) is 0.213. The monoisotopic (exact) mass is 211 g/mol. The van der Waals surface area contributed by atoms with Crippen LogP contribution in [0.1, 0.15) is 11.3 Å². The van der Waals surface area contributed by atoms with Crippen molar-refractivity contribution in [3.05, 3.63) is 35.8 Å². The molecule has 2 N–H and O–H groups in total. The molecule has 5 nitrogen and oxygen atoms in total. The van der Waals surface area contributed by atoms with Crippen LogP contribution in [0.3, 0.4) is 0 Å². The molecule has 5 heteroatoms. The van der Waals surface area contributed by atoms with Gasteiger partial charge in [0.15, 0.2) is 0 Å². The van der Waals surface area contributed by atoms with Gasteiger partial charge in [-0.1, -0.05) is 0 Å². The molecule has 2 aromatic heterocycles. The van der Waals surface area contributed by atoms with Crippen molar-refractivity contribution in [2.24, 2.45) is 0 Å². The Bertz CT molecular complexity index is 571. The molecule has 2 aromatic rings. The number of aromatic nitrogens is 3. The van der Waals surface area contributed by atoms with Crippen molar-refractivity contribution in [1.29, 1.82) is 5.26 Å². The number of pyridine rings is 1. The summed E-state index contributed by atoms with van der Waals surface area (Å²) in [7, 11) is 0. The third kappa shape index (κ3) is 1.68. The highest BCUT2D eigenvalue weighted by Gasteiger charge is 2.07. The summed E-state index contributed by atoms with van der Waals surface area (Å²) in [5, 5.41) is 8.74. The lowest BCUT2D eigenvalue weighted by Crippen LogP contribution is -1.99. The van der Waals surface area contributed by atoms with Gasteiger partial charge in [0.05, 0.1) is 17.0 Å². The topological polar surface area (TPSA) is 88.5 Å². The highest BCUT2D eigenvalue weighted by atomic mass is 14.9. The number of nitrogens with two attached hydrogens (primary N) is 1. The third-order valence-electron chi connectivity index (χ3n) is 2.17. The molecule has 2 heterocycles. The maximum absolute atomic E-state index is 8.74. The van der Waals surface area contributed by atoms with Crippen molar-refractivity contribution in [3.63, 3.8) is 0 Å². The molecule has 2 rings (SSSR count). The van der Waals surface area contributed by atoms with Crippen LogP contribution in [0.25, 0.3) is 11.4 Å². The van der Waals surface area contributed by atoms with E-state index in [4.69, 9.17) is 11.0 Å². The Balaban J connectivity index is 2.55. The fraction of sp³-hybridized carbons (Fsp3) is 0.0909. The predicted molar refractivity (Wildman–Crippen MR) is 59.1 cm³/mol. The summed E-state index contributed by atoms with van der Waals surface area (Å²) < 4.78 is 0. The van der Waals surface area contributed by atoms with E-state index in [0.717, 1.165) is 5.69 Å². The highest BCUT2D eigenvalue weighted by Crippen LogP contribution is 2.19. The second kappa shape index (κ2) is 3.95. The van der Waals surface area contributed by atoms with Crippen LogP contribution in [0, 0.1) is 18.3 Å². The maximum Gasteiger partial charge on any atom is 0.142 e. The minimum atomic E-state index is 0.213. The molecule has 16 heavy (non-hydrogen) atoms. The van der Waals surface area contributed by atoms with Crippen molar-refractivity contribution in [2.75, 3.05) is 5.73 Å². The molecule has 0 unspecified atom stereocenters. The minimum absolute atomic E-state index is 0.213. The van der Waals surface area contributed by atoms with Crippen LogP contribution >= 0.6 is 0 Å². The van der Waals surface area contributed by atoms with E-state index in [9.17, 15) is 0 Å². The van der Waals surface area contributed by atoms with Gasteiger partial charge < -0.3 is 5.73 Å². The molecule has 0 saturated heterocycles. The molecule has 0 spiro atoms. The number of nitriles is 1. The molecule has 0 amide bonds. The van der Waals surface area contributed by atoms with E-state index in [2.05, 4.69) is 15.0 Å². The molecule has 0 radical (unpaired) electrons. The van der Waals surface area contributed by atoms with Crippen LogP contribution < -0.4 is 5.73 Å². The van der Waals surface area contributed by atoms with Crippen LogP contribution in [-0.4, -0.2) is 15.0 Å². The first-order valence-corrected chi connectivity index (χ1v) is 4.67. The molecular formula is C11H9N5. The van der Waals surface area contributed by atoms with E-state index < -0.39 is 0 Å². The first kappa shape index (κ1) is 10.1. The number of anilines is 1. The Morgan fingerprint density at radius 2 is 2.00 bits per heavy atom. The van der Waals surface area contributed by atoms with Gasteiger partial charge in [-0.05, 0) is 19.1 Å². The van der Waals surface area contributed by atoms with E-state index in [-0.39, 0.29) is 5.82 Å². The summed E-state index contributed by atoms with van der Waals surface area (Å²) in [6.45, 7) is 1.85. The van der Waals surface area contributed by atoms with Crippen LogP contribution in [0.15, 0.2) is 24.5 Å². The van der Waals surface area contributed by atoms with Gasteiger partial charge in [-0.2, -0.15) is 5.26 Å². The Kier molecular flexibility index (Phi) is 2.48. The zero-order chi connectivity index (χ0) is 11.5. The van der Waals surface area contributed by atoms with Gasteiger partial charge in [-0.3, -0.25) is 9.97 Å². The maximum atomic E-state index is 8.74. The summed E-state index contributed by atoms with van der Waals surface area (Å²) in [5.41, 5.74) is 8.09. The van der Waals surface area contributed by atoms with Crippen LogP contribution in [0.2, 0.25) is 0 Å². The first-order chi connectivity index (χ1) is 7.72. The SMILES string of the molecule is Cc1nccnc1-c1ccc(C#N)c(N)n1. The zero-order valence-corrected chi connectivity index (χ0v) is 8.68. The molecule has 0 aliphatic rings. The summed E-state index contributed by atoms with van der Waals surface area (Å²) in [6.07, 6.45) is 3.21. The molecule has 0 aliphatic heterocycles. The average molecular weight is 211 g/mol. The predicted octanol–water partition coefficient (Wildman–Crippen LogP) is 1.30. The van der Waals surface area contributed by atoms with Crippen LogP contribution in [0.4, 0.5) is 5.82 Å². The fourth-order valence-corrected chi connectivity index (χ4v) is 1.36. The number of hydrogen-bond donors (Lipinski definition) is 1. The number of nitrogen functional groups attached to an aromatic ring is 1. The second-order valence-electron chi connectivity index (χ2n) is 3.23. The Morgan fingerprint density at radius 1 is 1.25 bits per heavy atom. The molecule has 78 valence electrons. The summed E-state index contributed by atoms with van der Waals surface area (Å²) in [4.78, 5) is 12.4. The van der Waals surface area contributed by atoms with E-state index in [0.29, 0.717) is 17.0 Å². The molecule has 0 fully saturated rings. The van der Waals surface area contributed by atoms with Crippen molar-refractivity contribution in [1.82, 2.24) is 15.0 Å². The van der Waals surface area contributed by atoms with Gasteiger partial charge in [-0.15, -0.1) is 0 Å². The van der Waals surface area contributed by atoms with Gasteiger partial charge >= 0.3 is 0 Å². The zero-order valence-electron chi connectivity index (χ0n) is 8.68. The van der Waals surface area contributed by atoms with E-state index in [1.165, 1.54) is 0 Å². The van der Waals surface area contributed by atoms with Crippen molar-refractivity contribution < 1.29 is 0 Å². The average Bonchev–Trinajstić information content (AvgIpc) is 2.29. The second-order valence-corrected chi connectivity index (χ2v) is 3.23. The normalized spacial score (nSPS) is 9.75. The lowest BCUT2D eigenvalue weighted by atomic mass is 10.2. The van der Waals surface area contributed by atoms with Crippen molar-refractivity contribution in [3.8, 4) is 17.5 Å². The van der Waals surface area contributed by atoms with Gasteiger partial charge in [-0.25, -0.2) is 4.98 Å². The largest absolute Gasteiger partial charge is 0.383 e. The fourth-order valence-electron chi connectivity index (χ4n) is 1.36. The van der Waals surface area contributed by atoms with Crippen molar-refractivity contribution in [2.45, 2.75) is 6.92 Å². The van der Waals surface area contributed by atoms with Crippen molar-refractivity contribution >= 4 is 5.82 Å². The lowest BCUT2D eigenvalue weighted by Gasteiger charge is -2.04. The number of hydrogen-bond acceptors (Lipinski definition) is 5. The highest BCUT2D eigenvalue weighted by molar-refractivity contribution is 5.61. The van der Waals surface area contributed by atoms with Crippen LogP contribution in [-0.2, 0) is 0 Å². The van der Waals surface area contributed by atoms with E-state index >= 15 is 0 Å². The van der Waals surface area contributed by atoms with Gasteiger partial charge in [0.25, 0.3) is 0 Å². The van der Waals surface area contributed by atoms with Gasteiger partial charge in [0.2, 0.25) is 0 Å². The molecule has 0 aliphatic carbocycles. The van der Waals surface area contributed by atoms with E-state index in [1.54, 1.807) is 24.5 Å². The number of nitrogens with zero attached hydrogens (tertiary/aromatic N) is 4. The number of rotatable bonds is 1. The van der Waals surface area contributed by atoms with Gasteiger partial charge in [0, 0.05) is 12.4 Å². The Hall–Kier alpha value is -2.48. The molecule has 0 aromatic carbocycles. The number of aryl methyl sites for hydroxylation is 1. The molecule has 0 atom stereocenters. The summed E-state index contributed by atoms with van der Waals surface area (Å²) in [6, 6.07) is 5.31. The molecular weight excluding hydrogens is 202 g/mol. The van der Waals surface area contributed by atoms with E-state index in [1.807, 2.05) is 13.0 Å². The third-order valence-corrected chi connectivity index (χ3v) is 2.17. The molecule has 0 saturated carbocycles. The lowest BCUT2D eigenvalue weighted by molar-refractivity contribution is 1.11. The quantitative estimate of drug-likeness (QED) is 0.768. The first-order valence-electron chi connectivity index (χ1n) is 4.67. The van der Waals surface area contributed by atoms with Crippen LogP contribution in [0.5, 0.6) is 0 Å². The minimum Gasteiger partial charge on any atom is -0.383 e. The Morgan fingerprint density at radius 3 is 2.62 bits per heavy atom. The summed E-state index contributed by atoms with van der Waals surface area (Å²) >= 11 is 0. The standard InChI is InChI=1S/C11H9N5/c1-7-10(15-5-4-14-7)9-3-2-8(6-12)11(13)16-9/h2-5H,1H3,(H2,13,16). The smallest absolute Gasteiger partial charge is 0.142 e. The Labute approximate surface area is 92.6 Å². The van der Waals surface area contributed by atoms with Gasteiger partial charge in [0.1, 0.15) is 17.6 Å².